The molecule has 5 rings (SSSR count). The van der Waals surface area contributed by atoms with Gasteiger partial charge in [-0.15, -0.1) is 0 Å². The van der Waals surface area contributed by atoms with Crippen LogP contribution in [0.1, 0.15) is 52.8 Å². The first-order valence-electron chi connectivity index (χ1n) is 11.2. The second-order valence-electron chi connectivity index (χ2n) is 8.74. The van der Waals surface area contributed by atoms with Crippen LogP contribution in [0.15, 0.2) is 24.3 Å². The zero-order valence-electron chi connectivity index (χ0n) is 19.0. The van der Waals surface area contributed by atoms with Gasteiger partial charge in [0.15, 0.2) is 5.65 Å². The van der Waals surface area contributed by atoms with Crippen LogP contribution < -0.4 is 4.74 Å². The molecule has 33 heavy (non-hydrogen) atoms. The summed E-state index contributed by atoms with van der Waals surface area (Å²) in [5.74, 6) is 0.579. The molecule has 0 saturated carbocycles. The smallest absolute Gasteiger partial charge is 0.258 e. The number of ether oxygens (including phenoxy) is 1. The third-order valence-corrected chi connectivity index (χ3v) is 7.09. The van der Waals surface area contributed by atoms with Crippen molar-refractivity contribution in [3.8, 4) is 5.75 Å². The number of carbonyl (C=O) groups excluding carboxylic acids is 2. The number of aromatic nitrogens is 3. The normalized spacial score (nSPS) is 16.4. The van der Waals surface area contributed by atoms with E-state index in [4.69, 9.17) is 16.3 Å². The molecular formula is C24H26ClN5O3. The van der Waals surface area contributed by atoms with Crippen LogP contribution in [0.3, 0.4) is 0 Å². The maximum absolute atomic E-state index is 13.5. The third-order valence-electron chi connectivity index (χ3n) is 6.54. The minimum atomic E-state index is -0.0923. The molecule has 0 bridgehead atoms. The van der Waals surface area contributed by atoms with Gasteiger partial charge in [0.1, 0.15) is 11.9 Å². The SMILES string of the molecule is CC(=O)N1CCC(Oc2ccccc2C(=O)N2Cc3nn4c(C)c(Cl)c(C)nc4c3C2)CC1. The summed E-state index contributed by atoms with van der Waals surface area (Å²) in [5.41, 5.74) is 4.69. The maximum Gasteiger partial charge on any atom is 0.258 e. The molecule has 1 saturated heterocycles. The first kappa shape index (κ1) is 21.7. The molecule has 4 heterocycles. The number of aryl methyl sites for hydroxylation is 2. The second-order valence-corrected chi connectivity index (χ2v) is 9.12. The van der Waals surface area contributed by atoms with Crippen LogP contribution in [0, 0.1) is 13.8 Å². The van der Waals surface area contributed by atoms with Crippen molar-refractivity contribution in [2.24, 2.45) is 0 Å². The van der Waals surface area contributed by atoms with Gasteiger partial charge in [-0.25, -0.2) is 9.50 Å². The van der Waals surface area contributed by atoms with Crippen molar-refractivity contribution in [3.63, 3.8) is 0 Å². The number of carbonyl (C=O) groups is 2. The van der Waals surface area contributed by atoms with Gasteiger partial charge in [0.25, 0.3) is 5.91 Å². The van der Waals surface area contributed by atoms with Crippen LogP contribution >= 0.6 is 11.6 Å². The largest absolute Gasteiger partial charge is 0.489 e. The number of hydrogen-bond donors (Lipinski definition) is 0. The molecule has 3 aromatic rings. The molecule has 0 N–H and O–H groups in total. The Morgan fingerprint density at radius 1 is 1.09 bits per heavy atom. The lowest BCUT2D eigenvalue weighted by Crippen LogP contribution is -2.40. The number of nitrogens with zero attached hydrogens (tertiary/aromatic N) is 5. The highest BCUT2D eigenvalue weighted by Gasteiger charge is 2.32. The Morgan fingerprint density at radius 2 is 1.82 bits per heavy atom. The van der Waals surface area contributed by atoms with Gasteiger partial charge in [0.2, 0.25) is 5.91 Å². The van der Waals surface area contributed by atoms with Gasteiger partial charge in [-0.2, -0.15) is 5.10 Å². The summed E-state index contributed by atoms with van der Waals surface area (Å²) >= 11 is 6.34. The van der Waals surface area contributed by atoms with Crippen LogP contribution in [-0.4, -0.2) is 55.4 Å². The van der Waals surface area contributed by atoms with E-state index < -0.39 is 0 Å². The molecule has 172 valence electrons. The highest BCUT2D eigenvalue weighted by molar-refractivity contribution is 6.31. The number of fused-ring (bicyclic) bond motifs is 3. The van der Waals surface area contributed by atoms with E-state index in [9.17, 15) is 9.59 Å². The number of likely N-dealkylation sites (tertiary alicyclic amines) is 1. The van der Waals surface area contributed by atoms with Gasteiger partial charge in [-0.05, 0) is 26.0 Å². The van der Waals surface area contributed by atoms with Gasteiger partial charge in [-0.1, -0.05) is 23.7 Å². The van der Waals surface area contributed by atoms with Crippen LogP contribution in [0.25, 0.3) is 5.65 Å². The number of piperidine rings is 1. The quantitative estimate of drug-likeness (QED) is 0.588. The number of benzene rings is 1. The summed E-state index contributed by atoms with van der Waals surface area (Å²) in [6.07, 6.45) is 1.48. The molecule has 1 fully saturated rings. The Kier molecular flexibility index (Phi) is 5.48. The predicted molar refractivity (Wildman–Crippen MR) is 123 cm³/mol. The number of para-hydroxylation sites is 1. The van der Waals surface area contributed by atoms with E-state index in [1.54, 1.807) is 22.4 Å². The van der Waals surface area contributed by atoms with Crippen molar-refractivity contribution >= 4 is 29.1 Å². The molecule has 0 radical (unpaired) electrons. The molecule has 8 nitrogen and oxygen atoms in total. The van der Waals surface area contributed by atoms with Crippen molar-refractivity contribution in [2.75, 3.05) is 13.1 Å². The minimum absolute atomic E-state index is 0.0190. The Morgan fingerprint density at radius 3 is 2.55 bits per heavy atom. The number of amides is 2. The van der Waals surface area contributed by atoms with E-state index in [2.05, 4.69) is 10.1 Å². The topological polar surface area (TPSA) is 80.0 Å². The van der Waals surface area contributed by atoms with Gasteiger partial charge >= 0.3 is 0 Å². The molecule has 2 aliphatic rings. The van der Waals surface area contributed by atoms with Crippen molar-refractivity contribution < 1.29 is 14.3 Å². The highest BCUT2D eigenvalue weighted by atomic mass is 35.5. The lowest BCUT2D eigenvalue weighted by Gasteiger charge is -2.32. The standard InChI is InChI=1S/C24H26ClN5O3/c1-14-22(25)15(2)30-23(26-14)19-12-29(13-20(19)27-30)24(32)18-6-4-5-7-21(18)33-17-8-10-28(11-9-17)16(3)31/h4-7,17H,8-13H2,1-3H3. The van der Waals surface area contributed by atoms with E-state index in [1.165, 1.54) is 0 Å². The number of rotatable bonds is 3. The van der Waals surface area contributed by atoms with Crippen molar-refractivity contribution in [1.29, 1.82) is 0 Å². The molecule has 0 spiro atoms. The third kappa shape index (κ3) is 3.82. The van der Waals surface area contributed by atoms with E-state index >= 15 is 0 Å². The Balaban J connectivity index is 1.34. The molecular weight excluding hydrogens is 442 g/mol. The molecule has 1 aromatic carbocycles. The lowest BCUT2D eigenvalue weighted by molar-refractivity contribution is -0.130. The van der Waals surface area contributed by atoms with E-state index in [1.807, 2.05) is 36.9 Å². The predicted octanol–water partition coefficient (Wildman–Crippen LogP) is 3.55. The van der Waals surface area contributed by atoms with Gasteiger partial charge in [-0.3, -0.25) is 9.59 Å². The molecule has 2 aromatic heterocycles. The van der Waals surface area contributed by atoms with Gasteiger partial charge in [0, 0.05) is 38.4 Å². The molecule has 2 aliphatic heterocycles. The average molecular weight is 468 g/mol. The van der Waals surface area contributed by atoms with Crippen LogP contribution in [-0.2, 0) is 17.9 Å². The number of hydrogen-bond acceptors (Lipinski definition) is 5. The molecule has 0 atom stereocenters. The zero-order chi connectivity index (χ0) is 23.3. The molecule has 2 amide bonds. The highest BCUT2D eigenvalue weighted by Crippen LogP contribution is 2.32. The van der Waals surface area contributed by atoms with E-state index in [0.717, 1.165) is 41.1 Å². The molecule has 0 unspecified atom stereocenters. The van der Waals surface area contributed by atoms with Crippen LogP contribution in [0.2, 0.25) is 5.02 Å². The van der Waals surface area contributed by atoms with Gasteiger partial charge in [0.05, 0.1) is 40.8 Å². The van der Waals surface area contributed by atoms with Crippen molar-refractivity contribution in [2.45, 2.75) is 52.8 Å². The summed E-state index contributed by atoms with van der Waals surface area (Å²) in [6, 6.07) is 7.37. The maximum atomic E-state index is 13.5. The fourth-order valence-corrected chi connectivity index (χ4v) is 4.76. The first-order chi connectivity index (χ1) is 15.8. The average Bonchev–Trinajstić information content (AvgIpc) is 3.37. The summed E-state index contributed by atoms with van der Waals surface area (Å²) in [4.78, 5) is 33.3. The fourth-order valence-electron chi connectivity index (χ4n) is 4.64. The van der Waals surface area contributed by atoms with Crippen LogP contribution in [0.4, 0.5) is 0 Å². The van der Waals surface area contributed by atoms with Gasteiger partial charge < -0.3 is 14.5 Å². The Bertz CT molecular complexity index is 1260. The van der Waals surface area contributed by atoms with E-state index in [0.29, 0.717) is 42.5 Å². The van der Waals surface area contributed by atoms with Crippen molar-refractivity contribution in [3.05, 3.63) is 57.5 Å². The fraction of sp³-hybridized carbons (Fsp3) is 0.417. The number of halogens is 1. The van der Waals surface area contributed by atoms with Crippen LogP contribution in [0.5, 0.6) is 5.75 Å². The lowest BCUT2D eigenvalue weighted by atomic mass is 10.1. The van der Waals surface area contributed by atoms with E-state index in [-0.39, 0.29) is 17.9 Å². The second kappa shape index (κ2) is 8.33. The van der Waals surface area contributed by atoms with Crippen molar-refractivity contribution in [1.82, 2.24) is 24.4 Å². The summed E-state index contributed by atoms with van der Waals surface area (Å²) in [5, 5.41) is 5.28. The summed E-state index contributed by atoms with van der Waals surface area (Å²) in [7, 11) is 0. The Labute approximate surface area is 197 Å². The zero-order valence-corrected chi connectivity index (χ0v) is 19.7. The minimum Gasteiger partial charge on any atom is -0.489 e. The summed E-state index contributed by atoms with van der Waals surface area (Å²) in [6.45, 7) is 7.59. The first-order valence-corrected chi connectivity index (χ1v) is 11.5. The summed E-state index contributed by atoms with van der Waals surface area (Å²) < 4.78 is 8.01. The molecule has 9 heteroatoms. The monoisotopic (exact) mass is 467 g/mol. The molecule has 0 aliphatic carbocycles. The Hall–Kier alpha value is -3.13.